The molecule has 0 unspecified atom stereocenters. The van der Waals surface area contributed by atoms with Gasteiger partial charge in [0.25, 0.3) is 0 Å². The molecule has 0 radical (unpaired) electrons. The Hall–Kier alpha value is -1.44. The molecule has 122 valence electrons. The summed E-state index contributed by atoms with van der Waals surface area (Å²) in [6.07, 6.45) is 0.641. The van der Waals surface area contributed by atoms with E-state index in [2.05, 4.69) is 10.3 Å². The summed E-state index contributed by atoms with van der Waals surface area (Å²) >= 11 is 7.32. The van der Waals surface area contributed by atoms with Crippen LogP contribution in [0.25, 0.3) is 10.6 Å². The summed E-state index contributed by atoms with van der Waals surface area (Å²) in [5.41, 5.74) is 1.63. The van der Waals surface area contributed by atoms with Gasteiger partial charge in [0.1, 0.15) is 5.01 Å². The highest BCUT2D eigenvalue weighted by atomic mass is 35.5. The van der Waals surface area contributed by atoms with Gasteiger partial charge in [-0.2, -0.15) is 0 Å². The molecule has 1 atom stereocenters. The summed E-state index contributed by atoms with van der Waals surface area (Å²) < 4.78 is 22.8. The first-order chi connectivity index (χ1) is 10.9. The quantitative estimate of drug-likeness (QED) is 0.896. The van der Waals surface area contributed by atoms with E-state index >= 15 is 0 Å². The molecule has 0 saturated carbocycles. The van der Waals surface area contributed by atoms with Gasteiger partial charge in [0.05, 0.1) is 23.6 Å². The van der Waals surface area contributed by atoms with E-state index < -0.39 is 9.84 Å². The van der Waals surface area contributed by atoms with Gasteiger partial charge in [0.15, 0.2) is 9.84 Å². The number of benzene rings is 1. The van der Waals surface area contributed by atoms with Gasteiger partial charge in [0, 0.05) is 22.0 Å². The Balaban J connectivity index is 1.60. The van der Waals surface area contributed by atoms with Gasteiger partial charge in [0.2, 0.25) is 5.91 Å². The van der Waals surface area contributed by atoms with Gasteiger partial charge >= 0.3 is 0 Å². The number of nitrogens with zero attached hydrogens (tertiary/aromatic N) is 1. The summed E-state index contributed by atoms with van der Waals surface area (Å²) in [5.74, 6) is -0.0127. The maximum absolute atomic E-state index is 12.0. The third-order valence-electron chi connectivity index (χ3n) is 3.58. The predicted molar refractivity (Wildman–Crippen MR) is 91.5 cm³/mol. The average Bonchev–Trinajstić information content (AvgIpc) is 3.06. The summed E-state index contributed by atoms with van der Waals surface area (Å²) in [4.78, 5) is 16.5. The Morgan fingerprint density at radius 3 is 2.74 bits per heavy atom. The SMILES string of the molecule is O=C(Cc1csc(-c2ccc(Cl)cc2)n1)N[C@H]1CCS(=O)(=O)C1. The predicted octanol–water partition coefficient (Wildman–Crippen LogP) is 2.31. The summed E-state index contributed by atoms with van der Waals surface area (Å²) in [6, 6.07) is 7.08. The number of amides is 1. The van der Waals surface area contributed by atoms with Crippen LogP contribution in [-0.2, 0) is 21.1 Å². The van der Waals surface area contributed by atoms with E-state index in [4.69, 9.17) is 11.6 Å². The summed E-state index contributed by atoms with van der Waals surface area (Å²) in [7, 11) is -2.99. The van der Waals surface area contributed by atoms with Crippen molar-refractivity contribution in [3.8, 4) is 10.6 Å². The Morgan fingerprint density at radius 1 is 1.35 bits per heavy atom. The van der Waals surface area contributed by atoms with E-state index in [1.165, 1.54) is 11.3 Å². The van der Waals surface area contributed by atoms with Crippen LogP contribution in [0.2, 0.25) is 5.02 Å². The van der Waals surface area contributed by atoms with E-state index in [0.717, 1.165) is 10.6 Å². The molecule has 1 amide bonds. The van der Waals surface area contributed by atoms with Crippen LogP contribution in [0.3, 0.4) is 0 Å². The normalized spacial score (nSPS) is 19.6. The highest BCUT2D eigenvalue weighted by Gasteiger charge is 2.28. The molecule has 1 aromatic heterocycles. The van der Waals surface area contributed by atoms with Crippen LogP contribution in [-0.4, -0.2) is 36.9 Å². The molecule has 23 heavy (non-hydrogen) atoms. The second-order valence-electron chi connectivity index (χ2n) is 5.50. The van der Waals surface area contributed by atoms with Crippen LogP contribution in [0.15, 0.2) is 29.6 Å². The van der Waals surface area contributed by atoms with E-state index in [-0.39, 0.29) is 29.9 Å². The first-order valence-corrected chi connectivity index (χ1v) is 10.2. The smallest absolute Gasteiger partial charge is 0.226 e. The number of sulfone groups is 1. The molecule has 2 heterocycles. The van der Waals surface area contributed by atoms with Gasteiger partial charge in [-0.3, -0.25) is 4.79 Å². The molecule has 1 saturated heterocycles. The zero-order valence-electron chi connectivity index (χ0n) is 12.2. The molecule has 0 spiro atoms. The van der Waals surface area contributed by atoms with Crippen molar-refractivity contribution in [2.75, 3.05) is 11.5 Å². The molecule has 1 aliphatic rings. The summed E-state index contributed by atoms with van der Waals surface area (Å²) in [6.45, 7) is 0. The Kier molecular flexibility index (Phi) is 4.70. The number of aromatic nitrogens is 1. The van der Waals surface area contributed by atoms with E-state index in [1.54, 1.807) is 12.1 Å². The molecule has 1 N–H and O–H groups in total. The number of carbonyl (C=O) groups excluding carboxylic acids is 1. The molecule has 5 nitrogen and oxygen atoms in total. The maximum atomic E-state index is 12.0. The fourth-order valence-electron chi connectivity index (χ4n) is 2.47. The number of hydrogen-bond acceptors (Lipinski definition) is 5. The van der Waals surface area contributed by atoms with Crippen molar-refractivity contribution in [3.05, 3.63) is 40.4 Å². The van der Waals surface area contributed by atoms with Crippen LogP contribution < -0.4 is 5.32 Å². The highest BCUT2D eigenvalue weighted by molar-refractivity contribution is 7.91. The minimum absolute atomic E-state index is 0.0336. The lowest BCUT2D eigenvalue weighted by Crippen LogP contribution is -2.36. The first-order valence-electron chi connectivity index (χ1n) is 7.11. The molecular formula is C15H15ClN2O3S2. The lowest BCUT2D eigenvalue weighted by molar-refractivity contribution is -0.121. The lowest BCUT2D eigenvalue weighted by atomic mass is 10.2. The van der Waals surface area contributed by atoms with E-state index in [1.807, 2.05) is 17.5 Å². The fourth-order valence-corrected chi connectivity index (χ4v) is 5.09. The number of nitrogens with one attached hydrogen (secondary N) is 1. The number of carbonyl (C=O) groups is 1. The van der Waals surface area contributed by atoms with Crippen molar-refractivity contribution in [3.63, 3.8) is 0 Å². The second-order valence-corrected chi connectivity index (χ2v) is 9.02. The van der Waals surface area contributed by atoms with Crippen molar-refractivity contribution in [2.45, 2.75) is 18.9 Å². The van der Waals surface area contributed by atoms with Crippen LogP contribution in [0.4, 0.5) is 0 Å². The Bertz CT molecular complexity index is 816. The molecule has 3 rings (SSSR count). The molecular weight excluding hydrogens is 356 g/mol. The molecule has 1 fully saturated rings. The Morgan fingerprint density at radius 2 is 2.09 bits per heavy atom. The summed E-state index contributed by atoms with van der Waals surface area (Å²) in [5, 5.41) is 6.10. The van der Waals surface area contributed by atoms with Crippen LogP contribution in [0, 0.1) is 0 Å². The first kappa shape index (κ1) is 16.4. The fraction of sp³-hybridized carbons (Fsp3) is 0.333. The zero-order valence-corrected chi connectivity index (χ0v) is 14.5. The van der Waals surface area contributed by atoms with Crippen molar-refractivity contribution < 1.29 is 13.2 Å². The molecule has 1 aliphatic heterocycles. The minimum Gasteiger partial charge on any atom is -0.352 e. The molecule has 0 bridgehead atoms. The van der Waals surface area contributed by atoms with Crippen LogP contribution >= 0.6 is 22.9 Å². The third kappa shape index (κ3) is 4.31. The third-order valence-corrected chi connectivity index (χ3v) is 6.54. The van der Waals surface area contributed by atoms with E-state index in [9.17, 15) is 13.2 Å². The Labute approximate surface area is 143 Å². The largest absolute Gasteiger partial charge is 0.352 e. The van der Waals surface area contributed by atoms with Crippen molar-refractivity contribution in [1.29, 1.82) is 0 Å². The van der Waals surface area contributed by atoms with Crippen molar-refractivity contribution in [1.82, 2.24) is 10.3 Å². The molecule has 8 heteroatoms. The average molecular weight is 371 g/mol. The van der Waals surface area contributed by atoms with Crippen molar-refractivity contribution in [2.24, 2.45) is 0 Å². The maximum Gasteiger partial charge on any atom is 0.226 e. The number of halogens is 1. The van der Waals surface area contributed by atoms with Gasteiger partial charge in [-0.15, -0.1) is 11.3 Å². The van der Waals surface area contributed by atoms with Crippen molar-refractivity contribution >= 4 is 38.7 Å². The standard InChI is InChI=1S/C15H15ClN2O3S2/c16-11-3-1-10(2-4-11)15-18-13(8-22-15)7-14(19)17-12-5-6-23(20,21)9-12/h1-4,8,12H,5-7,9H2,(H,17,19)/t12-/m0/s1. The zero-order chi connectivity index (χ0) is 16.4. The number of thiazole rings is 1. The van der Waals surface area contributed by atoms with Crippen LogP contribution in [0.5, 0.6) is 0 Å². The molecule has 2 aromatic rings. The van der Waals surface area contributed by atoms with Crippen LogP contribution in [0.1, 0.15) is 12.1 Å². The topological polar surface area (TPSA) is 76.1 Å². The number of rotatable bonds is 4. The van der Waals surface area contributed by atoms with Gasteiger partial charge < -0.3 is 5.32 Å². The second kappa shape index (κ2) is 6.59. The van der Waals surface area contributed by atoms with E-state index in [0.29, 0.717) is 17.1 Å². The molecule has 0 aliphatic carbocycles. The number of hydrogen-bond donors (Lipinski definition) is 1. The van der Waals surface area contributed by atoms with Gasteiger partial charge in [-0.05, 0) is 18.6 Å². The minimum atomic E-state index is -2.99. The highest BCUT2D eigenvalue weighted by Crippen LogP contribution is 2.25. The lowest BCUT2D eigenvalue weighted by Gasteiger charge is -2.09. The monoisotopic (exact) mass is 370 g/mol. The molecule has 1 aromatic carbocycles. The van der Waals surface area contributed by atoms with Gasteiger partial charge in [-0.25, -0.2) is 13.4 Å². The van der Waals surface area contributed by atoms with Gasteiger partial charge in [-0.1, -0.05) is 23.7 Å².